The third kappa shape index (κ3) is 2.53. The Morgan fingerprint density at radius 3 is 2.11 bits per heavy atom. The van der Waals surface area contributed by atoms with Gasteiger partial charge in [0, 0.05) is 21.2 Å². The first kappa shape index (κ1) is 13.4. The molecule has 0 radical (unpaired) electrons. The van der Waals surface area contributed by atoms with E-state index in [9.17, 15) is 9.59 Å². The molecule has 5 heteroatoms. The van der Waals surface area contributed by atoms with Crippen LogP contribution in [0, 0.1) is 0 Å². The molecule has 1 aliphatic rings. The van der Waals surface area contributed by atoms with Gasteiger partial charge in [-0.2, -0.15) is 0 Å². The molecule has 0 bridgehead atoms. The number of ketones is 2. The van der Waals surface area contributed by atoms with E-state index in [1.807, 2.05) is 0 Å². The van der Waals surface area contributed by atoms with Gasteiger partial charge >= 0.3 is 0 Å². The zero-order valence-electron chi connectivity index (χ0n) is 10.2. The topological polar surface area (TPSA) is 52.6 Å². The van der Waals surface area contributed by atoms with Gasteiger partial charge < -0.3 is 9.47 Å². The van der Waals surface area contributed by atoms with Gasteiger partial charge in [0.1, 0.15) is 0 Å². The average molecular weight is 313 g/mol. The molecular formula is C13H13BrO4. The van der Waals surface area contributed by atoms with E-state index in [1.165, 1.54) is 13.8 Å². The van der Waals surface area contributed by atoms with Crippen molar-refractivity contribution in [3.63, 3.8) is 0 Å². The number of Topliss-reactive ketones (excluding diaryl/α,β-unsaturated/α-hetero) is 2. The van der Waals surface area contributed by atoms with Gasteiger partial charge in [0.05, 0.1) is 13.2 Å². The molecule has 1 fully saturated rings. The minimum atomic E-state index is -0.474. The van der Waals surface area contributed by atoms with E-state index < -0.39 is 6.29 Å². The van der Waals surface area contributed by atoms with Crippen LogP contribution in [0.1, 0.15) is 46.4 Å². The third-order valence-corrected chi connectivity index (χ3v) is 3.46. The van der Waals surface area contributed by atoms with E-state index in [0.717, 1.165) is 5.56 Å². The molecule has 0 unspecified atom stereocenters. The Labute approximate surface area is 113 Å². The first-order chi connectivity index (χ1) is 8.50. The summed E-state index contributed by atoms with van der Waals surface area (Å²) < 4.78 is 11.5. The third-order valence-electron chi connectivity index (χ3n) is 2.77. The molecule has 1 saturated heterocycles. The number of rotatable bonds is 3. The predicted molar refractivity (Wildman–Crippen MR) is 68.8 cm³/mol. The van der Waals surface area contributed by atoms with Gasteiger partial charge in [-0.15, -0.1) is 0 Å². The maximum atomic E-state index is 11.6. The van der Waals surface area contributed by atoms with Crippen molar-refractivity contribution in [1.82, 2.24) is 0 Å². The number of halogens is 1. The molecule has 0 aromatic heterocycles. The number of carbonyl (C=O) groups is 2. The van der Waals surface area contributed by atoms with Gasteiger partial charge in [0.25, 0.3) is 0 Å². The quantitative estimate of drug-likeness (QED) is 0.805. The Kier molecular flexibility index (Phi) is 3.94. The van der Waals surface area contributed by atoms with Gasteiger partial charge in [-0.3, -0.25) is 9.59 Å². The summed E-state index contributed by atoms with van der Waals surface area (Å²) in [6.07, 6.45) is -0.474. The van der Waals surface area contributed by atoms with Crippen LogP contribution in [0.2, 0.25) is 0 Å². The molecule has 1 heterocycles. The molecule has 96 valence electrons. The second kappa shape index (κ2) is 5.30. The highest BCUT2D eigenvalue weighted by Gasteiger charge is 2.24. The van der Waals surface area contributed by atoms with Crippen LogP contribution < -0.4 is 0 Å². The van der Waals surface area contributed by atoms with Crippen molar-refractivity contribution >= 4 is 27.5 Å². The summed E-state index contributed by atoms with van der Waals surface area (Å²) in [6.45, 7) is 3.94. The van der Waals surface area contributed by atoms with E-state index in [2.05, 4.69) is 15.9 Å². The van der Waals surface area contributed by atoms with Crippen LogP contribution in [0.5, 0.6) is 0 Å². The van der Waals surface area contributed by atoms with E-state index in [0.29, 0.717) is 28.8 Å². The van der Waals surface area contributed by atoms with Crippen molar-refractivity contribution in [2.24, 2.45) is 0 Å². The van der Waals surface area contributed by atoms with E-state index >= 15 is 0 Å². The summed E-state index contributed by atoms with van der Waals surface area (Å²) in [7, 11) is 0. The first-order valence-electron chi connectivity index (χ1n) is 5.59. The van der Waals surface area contributed by atoms with Gasteiger partial charge in [-0.1, -0.05) is 15.9 Å². The second-order valence-electron chi connectivity index (χ2n) is 4.11. The highest BCUT2D eigenvalue weighted by molar-refractivity contribution is 9.10. The molecular weight excluding hydrogens is 300 g/mol. The van der Waals surface area contributed by atoms with Crippen LogP contribution in [0.4, 0.5) is 0 Å². The second-order valence-corrected chi connectivity index (χ2v) is 4.96. The summed E-state index contributed by atoms with van der Waals surface area (Å²) >= 11 is 3.39. The Hall–Kier alpha value is -1.04. The summed E-state index contributed by atoms with van der Waals surface area (Å²) in [5.74, 6) is -0.285. The minimum Gasteiger partial charge on any atom is -0.346 e. The molecule has 0 spiro atoms. The highest BCUT2D eigenvalue weighted by atomic mass is 79.9. The smallest absolute Gasteiger partial charge is 0.185 e. The average Bonchev–Trinajstić information content (AvgIpc) is 2.81. The van der Waals surface area contributed by atoms with Crippen molar-refractivity contribution in [3.05, 3.63) is 33.3 Å². The lowest BCUT2D eigenvalue weighted by Gasteiger charge is -2.14. The lowest BCUT2D eigenvalue weighted by Crippen LogP contribution is -2.08. The van der Waals surface area contributed by atoms with Crippen molar-refractivity contribution in [2.45, 2.75) is 20.1 Å². The minimum absolute atomic E-state index is 0.138. The molecule has 2 rings (SSSR count). The number of benzene rings is 1. The Balaban J connectivity index is 2.52. The zero-order chi connectivity index (χ0) is 13.3. The monoisotopic (exact) mass is 312 g/mol. The SMILES string of the molecule is CC(=O)c1cc(Br)c(C2OCCO2)cc1C(C)=O. The van der Waals surface area contributed by atoms with E-state index in [4.69, 9.17) is 9.47 Å². The molecule has 0 amide bonds. The lowest BCUT2D eigenvalue weighted by atomic mass is 9.98. The highest BCUT2D eigenvalue weighted by Crippen LogP contribution is 2.32. The molecule has 0 saturated carbocycles. The summed E-state index contributed by atoms with van der Waals surface area (Å²) in [5.41, 5.74) is 1.55. The van der Waals surface area contributed by atoms with Crippen LogP contribution in [0.3, 0.4) is 0 Å². The summed E-state index contributed by atoms with van der Waals surface area (Å²) in [5, 5.41) is 0. The van der Waals surface area contributed by atoms with Gasteiger partial charge in [-0.25, -0.2) is 0 Å². The Morgan fingerprint density at radius 2 is 1.61 bits per heavy atom. The van der Waals surface area contributed by atoms with Crippen LogP contribution >= 0.6 is 15.9 Å². The number of ether oxygens (including phenoxy) is 2. The van der Waals surface area contributed by atoms with Crippen molar-refractivity contribution in [3.8, 4) is 0 Å². The molecule has 0 aliphatic carbocycles. The number of carbonyl (C=O) groups excluding carboxylic acids is 2. The van der Waals surface area contributed by atoms with Crippen molar-refractivity contribution in [1.29, 1.82) is 0 Å². The molecule has 1 aromatic carbocycles. The number of hydrogen-bond donors (Lipinski definition) is 0. The van der Waals surface area contributed by atoms with Crippen LogP contribution in [-0.2, 0) is 9.47 Å². The number of hydrogen-bond acceptors (Lipinski definition) is 4. The summed E-state index contributed by atoms with van der Waals surface area (Å²) in [4.78, 5) is 23.1. The molecule has 0 N–H and O–H groups in total. The van der Waals surface area contributed by atoms with Gasteiger partial charge in [0.15, 0.2) is 17.9 Å². The Morgan fingerprint density at radius 1 is 1.11 bits per heavy atom. The normalized spacial score (nSPS) is 15.9. The van der Waals surface area contributed by atoms with Crippen LogP contribution in [0.15, 0.2) is 16.6 Å². The standard InChI is InChI=1S/C13H13BrO4/c1-7(15)9-5-11(13-17-3-4-18-13)12(14)6-10(9)8(2)16/h5-6,13H,3-4H2,1-2H3. The molecule has 1 aromatic rings. The van der Waals surface area contributed by atoms with E-state index in [1.54, 1.807) is 12.1 Å². The van der Waals surface area contributed by atoms with Crippen LogP contribution in [-0.4, -0.2) is 24.8 Å². The molecule has 18 heavy (non-hydrogen) atoms. The molecule has 1 aliphatic heterocycles. The maximum Gasteiger partial charge on any atom is 0.185 e. The fourth-order valence-corrected chi connectivity index (χ4v) is 2.42. The van der Waals surface area contributed by atoms with E-state index in [-0.39, 0.29) is 11.6 Å². The molecule has 4 nitrogen and oxygen atoms in total. The van der Waals surface area contributed by atoms with Gasteiger partial charge in [-0.05, 0) is 26.0 Å². The van der Waals surface area contributed by atoms with Gasteiger partial charge in [0.2, 0.25) is 0 Å². The fourth-order valence-electron chi connectivity index (χ4n) is 1.89. The predicted octanol–water partition coefficient (Wildman–Crippen LogP) is 2.90. The van der Waals surface area contributed by atoms with Crippen molar-refractivity contribution in [2.75, 3.05) is 13.2 Å². The maximum absolute atomic E-state index is 11.6. The van der Waals surface area contributed by atoms with Crippen molar-refractivity contribution < 1.29 is 19.1 Å². The largest absolute Gasteiger partial charge is 0.346 e. The zero-order valence-corrected chi connectivity index (χ0v) is 11.7. The summed E-state index contributed by atoms with van der Waals surface area (Å²) in [6, 6.07) is 3.32. The fraction of sp³-hybridized carbons (Fsp3) is 0.385. The first-order valence-corrected chi connectivity index (χ1v) is 6.38. The van der Waals surface area contributed by atoms with Crippen LogP contribution in [0.25, 0.3) is 0 Å². The molecule has 0 atom stereocenters. The Bertz CT molecular complexity index is 504. The lowest BCUT2D eigenvalue weighted by molar-refractivity contribution is -0.0446.